The van der Waals surface area contributed by atoms with E-state index >= 15 is 0 Å². The Morgan fingerprint density at radius 1 is 1.29 bits per heavy atom. The number of carbonyl (C=O) groups is 1. The van der Waals surface area contributed by atoms with Gasteiger partial charge in [-0.15, -0.1) is 0 Å². The second-order valence-corrected chi connectivity index (χ2v) is 6.87. The third-order valence-corrected chi connectivity index (χ3v) is 3.56. The van der Waals surface area contributed by atoms with E-state index in [1.54, 1.807) is 6.07 Å². The number of benzene rings is 1. The predicted molar refractivity (Wildman–Crippen MR) is 86.1 cm³/mol. The van der Waals surface area contributed by atoms with Crippen LogP contribution in [0.5, 0.6) is 0 Å². The molecule has 0 aromatic heterocycles. The number of nitrogens with one attached hydrogen (secondary N) is 2. The Balaban J connectivity index is 2.57. The Morgan fingerprint density at radius 3 is 2.57 bits per heavy atom. The first-order chi connectivity index (χ1) is 9.81. The summed E-state index contributed by atoms with van der Waals surface area (Å²) in [5, 5.41) is 2.94. The van der Waals surface area contributed by atoms with Crippen LogP contribution in [0.25, 0.3) is 0 Å². The number of unbranched alkanes of at least 4 members (excludes halogenated alkanes) is 2. The quantitative estimate of drug-likeness (QED) is 0.634. The zero-order valence-corrected chi connectivity index (χ0v) is 13.4. The van der Waals surface area contributed by atoms with Gasteiger partial charge < -0.3 is 11.1 Å². The topological polar surface area (TPSA) is 101 Å². The predicted octanol–water partition coefficient (Wildman–Crippen LogP) is 2.17. The van der Waals surface area contributed by atoms with E-state index in [0.29, 0.717) is 18.7 Å². The highest BCUT2D eigenvalue weighted by Gasteiger charge is 2.08. The number of hydrogen-bond donors (Lipinski definition) is 3. The van der Waals surface area contributed by atoms with Gasteiger partial charge >= 0.3 is 0 Å². The number of anilines is 2. The summed E-state index contributed by atoms with van der Waals surface area (Å²) in [5.41, 5.74) is 6.19. The molecule has 21 heavy (non-hydrogen) atoms. The molecule has 1 aromatic rings. The molecule has 0 radical (unpaired) electrons. The Hall–Kier alpha value is -1.31. The minimum Gasteiger partial charge on any atom is -0.330 e. The van der Waals surface area contributed by atoms with Gasteiger partial charge in [-0.1, -0.05) is 18.0 Å². The minimum atomic E-state index is -3.39. The molecular weight excluding hydrogens is 314 g/mol. The van der Waals surface area contributed by atoms with E-state index in [4.69, 9.17) is 17.3 Å². The molecular formula is C13H20ClN3O3S. The molecule has 0 fully saturated rings. The van der Waals surface area contributed by atoms with Crippen LogP contribution < -0.4 is 15.8 Å². The number of hydrogen-bond acceptors (Lipinski definition) is 4. The van der Waals surface area contributed by atoms with Gasteiger partial charge in [0.15, 0.2) is 0 Å². The number of amides is 1. The maximum atomic E-state index is 11.7. The van der Waals surface area contributed by atoms with E-state index in [-0.39, 0.29) is 16.6 Å². The van der Waals surface area contributed by atoms with Gasteiger partial charge in [0.1, 0.15) is 0 Å². The SMILES string of the molecule is CS(=O)(=O)Nc1ccc(NC(=O)CCCCCN)cc1Cl. The fourth-order valence-corrected chi connectivity index (χ4v) is 2.57. The van der Waals surface area contributed by atoms with Crippen molar-refractivity contribution in [2.45, 2.75) is 25.7 Å². The Bertz CT molecular complexity index is 590. The molecule has 0 aliphatic carbocycles. The normalized spacial score (nSPS) is 11.2. The Labute approximate surface area is 130 Å². The van der Waals surface area contributed by atoms with E-state index in [9.17, 15) is 13.2 Å². The van der Waals surface area contributed by atoms with Crippen LogP contribution >= 0.6 is 11.6 Å². The van der Waals surface area contributed by atoms with Crippen LogP contribution in [0.1, 0.15) is 25.7 Å². The van der Waals surface area contributed by atoms with Crippen molar-refractivity contribution in [2.24, 2.45) is 5.73 Å². The minimum absolute atomic E-state index is 0.105. The van der Waals surface area contributed by atoms with Gasteiger partial charge in [0.05, 0.1) is 17.0 Å². The molecule has 0 aliphatic rings. The van der Waals surface area contributed by atoms with Crippen LogP contribution in [-0.4, -0.2) is 27.1 Å². The van der Waals surface area contributed by atoms with Crippen molar-refractivity contribution in [3.8, 4) is 0 Å². The first kappa shape index (κ1) is 17.7. The van der Waals surface area contributed by atoms with Crippen LogP contribution in [0.15, 0.2) is 18.2 Å². The van der Waals surface area contributed by atoms with E-state index in [1.165, 1.54) is 12.1 Å². The van der Waals surface area contributed by atoms with Crippen molar-refractivity contribution in [3.05, 3.63) is 23.2 Å². The maximum absolute atomic E-state index is 11.7. The zero-order chi connectivity index (χ0) is 15.9. The molecule has 0 aliphatic heterocycles. The van der Waals surface area contributed by atoms with Gasteiger partial charge in [-0.25, -0.2) is 8.42 Å². The van der Waals surface area contributed by atoms with Crippen molar-refractivity contribution < 1.29 is 13.2 Å². The van der Waals surface area contributed by atoms with Crippen molar-refractivity contribution >= 4 is 38.9 Å². The molecule has 0 unspecified atom stereocenters. The van der Waals surface area contributed by atoms with E-state index < -0.39 is 10.0 Å². The molecule has 118 valence electrons. The zero-order valence-electron chi connectivity index (χ0n) is 11.9. The summed E-state index contributed by atoms with van der Waals surface area (Å²) in [6, 6.07) is 4.61. The third-order valence-electron chi connectivity index (χ3n) is 2.66. The molecule has 6 nitrogen and oxygen atoms in total. The summed E-state index contributed by atoms with van der Waals surface area (Å²) in [4.78, 5) is 11.7. The first-order valence-corrected chi connectivity index (χ1v) is 8.86. The van der Waals surface area contributed by atoms with Crippen LogP contribution in [0.4, 0.5) is 11.4 Å². The average Bonchev–Trinajstić information content (AvgIpc) is 2.37. The van der Waals surface area contributed by atoms with Crippen LogP contribution in [-0.2, 0) is 14.8 Å². The second kappa shape index (κ2) is 8.21. The van der Waals surface area contributed by atoms with Gasteiger partial charge in [0, 0.05) is 12.1 Å². The molecule has 0 saturated heterocycles. The number of sulfonamides is 1. The largest absolute Gasteiger partial charge is 0.330 e. The lowest BCUT2D eigenvalue weighted by atomic mass is 10.2. The molecule has 0 bridgehead atoms. The molecule has 8 heteroatoms. The molecule has 4 N–H and O–H groups in total. The van der Waals surface area contributed by atoms with Gasteiger partial charge in [-0.3, -0.25) is 9.52 Å². The molecule has 1 rings (SSSR count). The van der Waals surface area contributed by atoms with Crippen molar-refractivity contribution in [3.63, 3.8) is 0 Å². The van der Waals surface area contributed by atoms with Crippen molar-refractivity contribution in [2.75, 3.05) is 22.8 Å². The standard InChI is InChI=1S/C13H20ClN3O3S/c1-21(19,20)17-12-7-6-10(9-11(12)14)16-13(18)5-3-2-4-8-15/h6-7,9,17H,2-5,8,15H2,1H3,(H,16,18). The molecule has 0 saturated carbocycles. The van der Waals surface area contributed by atoms with E-state index in [1.807, 2.05) is 0 Å². The number of carbonyl (C=O) groups excluding carboxylic acids is 1. The summed E-state index contributed by atoms with van der Waals surface area (Å²) in [7, 11) is -3.39. The molecule has 0 heterocycles. The highest BCUT2D eigenvalue weighted by Crippen LogP contribution is 2.26. The number of nitrogens with two attached hydrogens (primary N) is 1. The molecule has 1 amide bonds. The van der Waals surface area contributed by atoms with Crippen LogP contribution in [0, 0.1) is 0 Å². The lowest BCUT2D eigenvalue weighted by Gasteiger charge is -2.09. The highest BCUT2D eigenvalue weighted by molar-refractivity contribution is 7.92. The first-order valence-electron chi connectivity index (χ1n) is 6.59. The van der Waals surface area contributed by atoms with Crippen LogP contribution in [0.2, 0.25) is 5.02 Å². The molecule has 0 atom stereocenters. The van der Waals surface area contributed by atoms with Crippen molar-refractivity contribution in [1.29, 1.82) is 0 Å². The summed E-state index contributed by atoms with van der Waals surface area (Å²) in [5.74, 6) is -0.105. The fourth-order valence-electron chi connectivity index (χ4n) is 1.71. The Morgan fingerprint density at radius 2 is 2.00 bits per heavy atom. The maximum Gasteiger partial charge on any atom is 0.229 e. The van der Waals surface area contributed by atoms with E-state index in [2.05, 4.69) is 10.0 Å². The van der Waals surface area contributed by atoms with Gasteiger partial charge in [-0.05, 0) is 37.6 Å². The smallest absolute Gasteiger partial charge is 0.229 e. The van der Waals surface area contributed by atoms with Crippen LogP contribution in [0.3, 0.4) is 0 Å². The summed E-state index contributed by atoms with van der Waals surface area (Å²) in [6.45, 7) is 0.631. The Kier molecular flexibility index (Phi) is 6.94. The molecule has 0 spiro atoms. The second-order valence-electron chi connectivity index (χ2n) is 4.72. The fraction of sp³-hybridized carbons (Fsp3) is 0.462. The highest BCUT2D eigenvalue weighted by atomic mass is 35.5. The van der Waals surface area contributed by atoms with Gasteiger partial charge in [0.2, 0.25) is 15.9 Å². The van der Waals surface area contributed by atoms with Crippen molar-refractivity contribution in [1.82, 2.24) is 0 Å². The monoisotopic (exact) mass is 333 g/mol. The summed E-state index contributed by atoms with van der Waals surface area (Å²) >= 11 is 5.97. The number of halogens is 1. The van der Waals surface area contributed by atoms with Gasteiger partial charge in [0.25, 0.3) is 0 Å². The van der Waals surface area contributed by atoms with E-state index in [0.717, 1.165) is 25.5 Å². The summed E-state index contributed by atoms with van der Waals surface area (Å²) < 4.78 is 24.6. The van der Waals surface area contributed by atoms with Gasteiger partial charge in [-0.2, -0.15) is 0 Å². The average molecular weight is 334 g/mol. The lowest BCUT2D eigenvalue weighted by Crippen LogP contribution is -2.12. The summed E-state index contributed by atoms with van der Waals surface area (Å²) in [6.07, 6.45) is 4.07. The third kappa shape index (κ3) is 7.31. The lowest BCUT2D eigenvalue weighted by molar-refractivity contribution is -0.116. The molecule has 1 aromatic carbocycles. The number of rotatable bonds is 8.